The van der Waals surface area contributed by atoms with Crippen LogP contribution < -0.4 is 10.9 Å². The van der Waals surface area contributed by atoms with Crippen molar-refractivity contribution >= 4 is 11.8 Å². The molecule has 2 atom stereocenters. The lowest BCUT2D eigenvalue weighted by Crippen LogP contribution is -2.27. The van der Waals surface area contributed by atoms with E-state index >= 15 is 0 Å². The molecule has 19 heavy (non-hydrogen) atoms. The van der Waals surface area contributed by atoms with Gasteiger partial charge in [0.2, 0.25) is 6.43 Å². The lowest BCUT2D eigenvalue weighted by atomic mass is 10.3. The fourth-order valence-electron chi connectivity index (χ4n) is 1.88. The van der Waals surface area contributed by atoms with E-state index in [4.69, 9.17) is 5.11 Å². The molecule has 2 rings (SSSR count). The highest BCUT2D eigenvalue weighted by Gasteiger charge is 2.43. The number of halogens is 2. The Labute approximate surface area is 107 Å². The topological polar surface area (TPSA) is 84.2 Å². The first-order valence-corrected chi connectivity index (χ1v) is 5.78. The molecule has 6 nitrogen and oxygen atoms in total. The van der Waals surface area contributed by atoms with E-state index in [2.05, 4.69) is 10.3 Å². The molecular formula is C11H13F2N3O3. The van der Waals surface area contributed by atoms with Crippen LogP contribution in [0.4, 0.5) is 14.6 Å². The van der Waals surface area contributed by atoms with Crippen LogP contribution in [0.5, 0.6) is 0 Å². The molecule has 1 saturated carbocycles. The third-order valence-electron chi connectivity index (χ3n) is 3.05. The molecule has 0 unspecified atom stereocenters. The van der Waals surface area contributed by atoms with Gasteiger partial charge in [-0.05, 0) is 12.3 Å². The van der Waals surface area contributed by atoms with Gasteiger partial charge in [-0.25, -0.2) is 13.8 Å². The molecule has 104 valence electrons. The van der Waals surface area contributed by atoms with Gasteiger partial charge in [0.1, 0.15) is 6.54 Å². The van der Waals surface area contributed by atoms with Crippen LogP contribution in [0.15, 0.2) is 17.2 Å². The van der Waals surface area contributed by atoms with Gasteiger partial charge in [-0.3, -0.25) is 14.2 Å². The summed E-state index contributed by atoms with van der Waals surface area (Å²) >= 11 is 0. The number of rotatable bonds is 6. The van der Waals surface area contributed by atoms with Gasteiger partial charge < -0.3 is 10.4 Å². The number of carboxylic acids is 1. The van der Waals surface area contributed by atoms with E-state index in [9.17, 15) is 18.4 Å². The fraction of sp³-hybridized carbons (Fsp3) is 0.545. The molecule has 1 aromatic rings. The number of anilines is 1. The van der Waals surface area contributed by atoms with Crippen molar-refractivity contribution in [2.45, 2.75) is 19.4 Å². The molecule has 0 amide bonds. The zero-order valence-corrected chi connectivity index (χ0v) is 9.92. The maximum atomic E-state index is 12.3. The summed E-state index contributed by atoms with van der Waals surface area (Å²) in [5.41, 5.74) is -0.570. The van der Waals surface area contributed by atoms with Crippen molar-refractivity contribution in [2.75, 3.05) is 11.9 Å². The van der Waals surface area contributed by atoms with E-state index in [-0.39, 0.29) is 18.3 Å². The van der Waals surface area contributed by atoms with E-state index in [0.29, 0.717) is 6.42 Å². The van der Waals surface area contributed by atoms with Crippen LogP contribution in [0.1, 0.15) is 6.42 Å². The third-order valence-corrected chi connectivity index (χ3v) is 3.05. The van der Waals surface area contributed by atoms with Crippen LogP contribution in [0.3, 0.4) is 0 Å². The normalized spacial score (nSPS) is 21.4. The number of nitrogens with zero attached hydrogens (tertiary/aromatic N) is 2. The first-order valence-electron chi connectivity index (χ1n) is 5.78. The number of nitrogens with one attached hydrogen (secondary N) is 1. The zero-order chi connectivity index (χ0) is 14.0. The minimum Gasteiger partial charge on any atom is -0.480 e. The first-order chi connectivity index (χ1) is 8.99. The van der Waals surface area contributed by atoms with E-state index in [0.717, 1.165) is 4.57 Å². The maximum absolute atomic E-state index is 12.3. The van der Waals surface area contributed by atoms with Crippen molar-refractivity contribution in [1.29, 1.82) is 0 Å². The molecule has 0 aliphatic heterocycles. The monoisotopic (exact) mass is 273 g/mol. The number of hydrogen-bond donors (Lipinski definition) is 2. The minimum absolute atomic E-state index is 0.0105. The van der Waals surface area contributed by atoms with Crippen LogP contribution in [-0.2, 0) is 11.3 Å². The van der Waals surface area contributed by atoms with Crippen molar-refractivity contribution in [1.82, 2.24) is 9.55 Å². The van der Waals surface area contributed by atoms with Crippen molar-refractivity contribution < 1.29 is 18.7 Å². The quantitative estimate of drug-likeness (QED) is 0.794. The van der Waals surface area contributed by atoms with Crippen molar-refractivity contribution in [2.24, 2.45) is 11.8 Å². The molecule has 1 fully saturated rings. The SMILES string of the molecule is O=C(O)Cn1ccnc(NC[C@@H]2C[C@@H]2C(F)F)c1=O. The summed E-state index contributed by atoms with van der Waals surface area (Å²) in [6.45, 7) is -0.215. The van der Waals surface area contributed by atoms with E-state index < -0.39 is 30.4 Å². The van der Waals surface area contributed by atoms with Gasteiger partial charge in [-0.2, -0.15) is 0 Å². The number of aliphatic carboxylic acids is 1. The Kier molecular flexibility index (Phi) is 3.77. The van der Waals surface area contributed by atoms with Crippen LogP contribution in [0.25, 0.3) is 0 Å². The number of hydrogen-bond acceptors (Lipinski definition) is 4. The van der Waals surface area contributed by atoms with Crippen LogP contribution in [-0.4, -0.2) is 33.6 Å². The van der Waals surface area contributed by atoms with Crippen LogP contribution in [0, 0.1) is 11.8 Å². The van der Waals surface area contributed by atoms with Crippen molar-refractivity contribution in [3.05, 3.63) is 22.7 Å². The lowest BCUT2D eigenvalue weighted by Gasteiger charge is -2.07. The largest absolute Gasteiger partial charge is 0.480 e. The second-order valence-corrected chi connectivity index (χ2v) is 4.48. The molecular weight excluding hydrogens is 260 g/mol. The van der Waals surface area contributed by atoms with Gasteiger partial charge in [0.05, 0.1) is 0 Å². The van der Waals surface area contributed by atoms with Gasteiger partial charge in [-0.1, -0.05) is 0 Å². The standard InChI is InChI=1S/C11H13F2N3O3/c12-9(13)7-3-6(7)4-15-10-11(19)16(2-1-14-10)5-8(17)18/h1-2,6-7,9H,3-5H2,(H,14,15)(H,17,18)/t6-,7-/m0/s1. The van der Waals surface area contributed by atoms with Gasteiger partial charge in [0.15, 0.2) is 5.82 Å². The Hall–Kier alpha value is -1.99. The molecule has 1 aromatic heterocycles. The summed E-state index contributed by atoms with van der Waals surface area (Å²) in [6.07, 6.45) is 0.658. The number of aromatic nitrogens is 2. The Morgan fingerprint density at radius 1 is 1.63 bits per heavy atom. The summed E-state index contributed by atoms with van der Waals surface area (Å²) in [7, 11) is 0. The Balaban J connectivity index is 1.98. The fourth-order valence-corrected chi connectivity index (χ4v) is 1.88. The summed E-state index contributed by atoms with van der Waals surface area (Å²) in [6, 6.07) is 0. The Morgan fingerprint density at radius 2 is 2.37 bits per heavy atom. The van der Waals surface area contributed by atoms with Gasteiger partial charge in [-0.15, -0.1) is 0 Å². The average Bonchev–Trinajstić information content (AvgIpc) is 3.09. The zero-order valence-electron chi connectivity index (χ0n) is 9.92. The number of alkyl halides is 2. The van der Waals surface area contributed by atoms with Crippen molar-refractivity contribution in [3.8, 4) is 0 Å². The number of carboxylic acid groups (broad SMARTS) is 1. The molecule has 2 N–H and O–H groups in total. The molecule has 1 aliphatic carbocycles. The summed E-state index contributed by atoms with van der Waals surface area (Å²) < 4.78 is 25.6. The highest BCUT2D eigenvalue weighted by Crippen LogP contribution is 2.42. The van der Waals surface area contributed by atoms with Gasteiger partial charge in [0, 0.05) is 24.9 Å². The highest BCUT2D eigenvalue weighted by atomic mass is 19.3. The predicted octanol–water partition coefficient (Wildman–Crippen LogP) is 0.641. The van der Waals surface area contributed by atoms with E-state index in [1.807, 2.05) is 0 Å². The average molecular weight is 273 g/mol. The van der Waals surface area contributed by atoms with Crippen molar-refractivity contribution in [3.63, 3.8) is 0 Å². The highest BCUT2D eigenvalue weighted by molar-refractivity contribution is 5.66. The Morgan fingerprint density at radius 3 is 2.95 bits per heavy atom. The molecule has 1 aliphatic rings. The summed E-state index contributed by atoms with van der Waals surface area (Å²) in [4.78, 5) is 26.1. The smallest absolute Gasteiger partial charge is 0.323 e. The third kappa shape index (κ3) is 3.27. The van der Waals surface area contributed by atoms with Crippen LogP contribution in [0.2, 0.25) is 0 Å². The van der Waals surface area contributed by atoms with Crippen LogP contribution >= 0.6 is 0 Å². The molecule has 0 aromatic carbocycles. The number of carbonyl (C=O) groups is 1. The predicted molar refractivity (Wildman–Crippen MR) is 62.2 cm³/mol. The molecule has 0 radical (unpaired) electrons. The summed E-state index contributed by atoms with van der Waals surface area (Å²) in [5.74, 6) is -1.92. The maximum Gasteiger partial charge on any atom is 0.323 e. The lowest BCUT2D eigenvalue weighted by molar-refractivity contribution is -0.137. The van der Waals surface area contributed by atoms with Gasteiger partial charge in [0.25, 0.3) is 5.56 Å². The van der Waals surface area contributed by atoms with E-state index in [1.165, 1.54) is 12.4 Å². The second kappa shape index (κ2) is 5.33. The molecule has 1 heterocycles. The molecule has 8 heteroatoms. The Bertz CT molecular complexity index is 532. The second-order valence-electron chi connectivity index (χ2n) is 4.48. The molecule has 0 bridgehead atoms. The molecule has 0 spiro atoms. The summed E-state index contributed by atoms with van der Waals surface area (Å²) in [5, 5.41) is 11.3. The minimum atomic E-state index is -2.33. The van der Waals surface area contributed by atoms with E-state index in [1.54, 1.807) is 0 Å². The van der Waals surface area contributed by atoms with Gasteiger partial charge >= 0.3 is 5.97 Å². The molecule has 0 saturated heterocycles. The first kappa shape index (κ1) is 13.4.